The highest BCUT2D eigenvalue weighted by Gasteiger charge is 2.27. The molecule has 0 bridgehead atoms. The molecule has 1 fully saturated rings. The van der Waals surface area contributed by atoms with Crippen LogP contribution in [0.2, 0.25) is 5.02 Å². The van der Waals surface area contributed by atoms with Crippen LogP contribution >= 0.6 is 11.6 Å². The van der Waals surface area contributed by atoms with Crippen LogP contribution in [0.15, 0.2) is 28.8 Å². The fourth-order valence-corrected chi connectivity index (χ4v) is 5.18. The summed E-state index contributed by atoms with van der Waals surface area (Å²) in [5.74, 6) is 1.31. The smallest absolute Gasteiger partial charge is 0.224 e. The van der Waals surface area contributed by atoms with Crippen molar-refractivity contribution in [2.75, 3.05) is 58.1 Å². The van der Waals surface area contributed by atoms with Crippen LogP contribution in [0.25, 0.3) is 0 Å². The van der Waals surface area contributed by atoms with E-state index in [1.54, 1.807) is 18.2 Å². The second kappa shape index (κ2) is 16.3. The predicted molar refractivity (Wildman–Crippen MR) is 148 cm³/mol. The highest BCUT2D eigenvalue weighted by molar-refractivity contribution is 6.31. The van der Waals surface area contributed by atoms with Crippen molar-refractivity contribution in [3.63, 3.8) is 0 Å². The molecule has 0 amide bonds. The van der Waals surface area contributed by atoms with Gasteiger partial charge in [0.05, 0.1) is 38.7 Å². The number of nitrogens with one attached hydrogen (secondary N) is 1. The largest absolute Gasteiger partial charge is 0.394 e. The quantitative estimate of drug-likeness (QED) is 0.169. The van der Waals surface area contributed by atoms with Crippen molar-refractivity contribution in [3.05, 3.63) is 46.1 Å². The summed E-state index contributed by atoms with van der Waals surface area (Å²) in [6, 6.07) is 6.84. The number of ether oxygens (including phenoxy) is 3. The summed E-state index contributed by atoms with van der Waals surface area (Å²) in [5.41, 5.74) is 0.332. The van der Waals surface area contributed by atoms with E-state index in [0.29, 0.717) is 86.5 Å². The van der Waals surface area contributed by atoms with Crippen molar-refractivity contribution < 1.29 is 33.0 Å². The van der Waals surface area contributed by atoms with Gasteiger partial charge in [0.1, 0.15) is 5.67 Å². The second-order valence-electron chi connectivity index (χ2n) is 10.5. The maximum atomic E-state index is 14.2. The zero-order valence-corrected chi connectivity index (χ0v) is 23.8. The summed E-state index contributed by atoms with van der Waals surface area (Å²) >= 11 is 6.24. The number of halogens is 2. The molecule has 0 radical (unpaired) electrons. The molecular weight excluding hydrogens is 527 g/mol. The molecule has 1 heterocycles. The lowest BCUT2D eigenvalue weighted by Crippen LogP contribution is -2.17. The molecule has 0 unspecified atom stereocenters. The maximum Gasteiger partial charge on any atom is 0.224 e. The third kappa shape index (κ3) is 10.8. The standard InChI is InChI=1S/C29H42ClFN2O6/c1-29(2,31)24-9-8-23(19-25(24)30)27(35)18-21-4-6-22(7-5-21)26-20-28(39-33-26)32-10-14-38-17-16-37-13-3-12-36-15-11-34/h8-9,19-22,32,34H,3-7,10-18H2,1-2H3. The Labute approximate surface area is 235 Å². The van der Waals surface area contributed by atoms with Crippen LogP contribution in [0, 0.1) is 5.92 Å². The number of anilines is 1. The first-order valence-electron chi connectivity index (χ1n) is 13.8. The number of ketones is 1. The lowest BCUT2D eigenvalue weighted by molar-refractivity contribution is 0.0338. The SMILES string of the molecule is CC(C)(F)c1ccc(C(=O)CC2CCC(c3cc(NCCOCCOCCCOCCO)on3)CC2)cc1Cl. The summed E-state index contributed by atoms with van der Waals surface area (Å²) in [6.45, 7) is 6.67. The number of carbonyl (C=O) groups is 1. The summed E-state index contributed by atoms with van der Waals surface area (Å²) in [5, 5.41) is 16.4. The summed E-state index contributed by atoms with van der Waals surface area (Å²) in [6.07, 6.45) is 5.06. The lowest BCUT2D eigenvalue weighted by Gasteiger charge is -2.26. The van der Waals surface area contributed by atoms with E-state index in [-0.39, 0.29) is 12.4 Å². The molecule has 2 N–H and O–H groups in total. The van der Waals surface area contributed by atoms with E-state index in [1.807, 2.05) is 6.07 Å². The monoisotopic (exact) mass is 568 g/mol. The number of hydrogen-bond donors (Lipinski definition) is 2. The van der Waals surface area contributed by atoms with Crippen LogP contribution in [0.5, 0.6) is 0 Å². The van der Waals surface area contributed by atoms with E-state index in [2.05, 4.69) is 10.5 Å². The van der Waals surface area contributed by atoms with Crippen molar-refractivity contribution in [1.29, 1.82) is 0 Å². The molecule has 0 saturated heterocycles. The number of Topliss-reactive ketones (excluding diaryl/α,β-unsaturated/α-hetero) is 1. The Hall–Kier alpha value is -2.04. The van der Waals surface area contributed by atoms with Gasteiger partial charge >= 0.3 is 0 Å². The highest BCUT2D eigenvalue weighted by atomic mass is 35.5. The summed E-state index contributed by atoms with van der Waals surface area (Å²) < 4.78 is 35.9. The minimum absolute atomic E-state index is 0.0414. The lowest BCUT2D eigenvalue weighted by atomic mass is 9.78. The Bertz CT molecular complexity index is 1000. The molecule has 1 aromatic carbocycles. The minimum atomic E-state index is -1.55. The van der Waals surface area contributed by atoms with E-state index in [0.717, 1.165) is 37.8 Å². The van der Waals surface area contributed by atoms with Gasteiger partial charge in [-0.25, -0.2) is 4.39 Å². The highest BCUT2D eigenvalue weighted by Crippen LogP contribution is 2.38. The molecule has 8 nitrogen and oxygen atoms in total. The van der Waals surface area contributed by atoms with Gasteiger partial charge in [-0.05, 0) is 57.9 Å². The maximum absolute atomic E-state index is 14.2. The van der Waals surface area contributed by atoms with Crippen molar-refractivity contribution in [1.82, 2.24) is 5.16 Å². The molecule has 1 aromatic heterocycles. The first-order chi connectivity index (χ1) is 18.8. The van der Waals surface area contributed by atoms with Crippen molar-refractivity contribution in [2.45, 2.75) is 64.0 Å². The van der Waals surface area contributed by atoms with E-state index < -0.39 is 5.67 Å². The third-order valence-electron chi connectivity index (χ3n) is 6.93. The first kappa shape index (κ1) is 31.5. The number of aliphatic hydroxyl groups is 1. The molecular formula is C29H42ClFN2O6. The predicted octanol–water partition coefficient (Wildman–Crippen LogP) is 5.92. The molecule has 0 atom stereocenters. The Morgan fingerprint density at radius 3 is 2.44 bits per heavy atom. The number of aromatic nitrogens is 1. The molecule has 1 saturated carbocycles. The number of nitrogens with zero attached hydrogens (tertiary/aromatic N) is 1. The van der Waals surface area contributed by atoms with E-state index >= 15 is 0 Å². The molecule has 10 heteroatoms. The zero-order valence-electron chi connectivity index (χ0n) is 23.1. The molecule has 1 aliphatic rings. The Morgan fingerprint density at radius 1 is 1.08 bits per heavy atom. The Kier molecular flexibility index (Phi) is 13.1. The first-order valence-corrected chi connectivity index (χ1v) is 14.2. The molecule has 2 aromatic rings. The average Bonchev–Trinajstić information content (AvgIpc) is 3.38. The van der Waals surface area contributed by atoms with Gasteiger partial charge in [0.2, 0.25) is 5.88 Å². The number of benzene rings is 1. The van der Waals surface area contributed by atoms with Crippen LogP contribution in [0.4, 0.5) is 10.3 Å². The third-order valence-corrected chi connectivity index (χ3v) is 7.24. The van der Waals surface area contributed by atoms with Gasteiger partial charge in [0.15, 0.2) is 5.78 Å². The van der Waals surface area contributed by atoms with Crippen LogP contribution in [-0.2, 0) is 19.9 Å². The van der Waals surface area contributed by atoms with Gasteiger partial charge in [0.25, 0.3) is 0 Å². The number of alkyl halides is 1. The number of aliphatic hydroxyl groups excluding tert-OH is 1. The number of rotatable bonds is 18. The van der Waals surface area contributed by atoms with Gasteiger partial charge in [-0.2, -0.15) is 0 Å². The van der Waals surface area contributed by atoms with Crippen LogP contribution in [0.3, 0.4) is 0 Å². The fraction of sp³-hybridized carbons (Fsp3) is 0.655. The van der Waals surface area contributed by atoms with E-state index in [4.69, 9.17) is 35.4 Å². The van der Waals surface area contributed by atoms with Gasteiger partial charge in [-0.1, -0.05) is 28.9 Å². The van der Waals surface area contributed by atoms with Gasteiger partial charge < -0.3 is 29.2 Å². The Morgan fingerprint density at radius 2 is 1.77 bits per heavy atom. The summed E-state index contributed by atoms with van der Waals surface area (Å²) in [7, 11) is 0. The van der Waals surface area contributed by atoms with Crippen molar-refractivity contribution in [3.8, 4) is 0 Å². The fourth-order valence-electron chi connectivity index (χ4n) is 4.78. The van der Waals surface area contributed by atoms with Gasteiger partial charge in [-0.3, -0.25) is 4.79 Å². The molecule has 1 aliphatic carbocycles. The molecule has 3 rings (SSSR count). The van der Waals surface area contributed by atoms with E-state index in [9.17, 15) is 9.18 Å². The zero-order chi connectivity index (χ0) is 28.1. The van der Waals surface area contributed by atoms with Crippen LogP contribution < -0.4 is 5.32 Å². The molecule has 218 valence electrons. The number of carbonyl (C=O) groups excluding carboxylic acids is 1. The van der Waals surface area contributed by atoms with Gasteiger partial charge in [-0.15, -0.1) is 0 Å². The second-order valence-corrected chi connectivity index (χ2v) is 10.9. The van der Waals surface area contributed by atoms with Crippen LogP contribution in [0.1, 0.15) is 79.9 Å². The van der Waals surface area contributed by atoms with Crippen molar-refractivity contribution in [2.24, 2.45) is 5.92 Å². The average molecular weight is 569 g/mol. The molecule has 39 heavy (non-hydrogen) atoms. The topological polar surface area (TPSA) is 103 Å². The van der Waals surface area contributed by atoms with Crippen LogP contribution in [-0.4, -0.2) is 68.8 Å². The summed E-state index contributed by atoms with van der Waals surface area (Å²) in [4.78, 5) is 12.8. The molecule has 0 spiro atoms. The Balaban J connectivity index is 1.29. The normalized spacial score (nSPS) is 17.9. The number of hydrogen-bond acceptors (Lipinski definition) is 8. The van der Waals surface area contributed by atoms with Crippen molar-refractivity contribution >= 4 is 23.3 Å². The van der Waals surface area contributed by atoms with Gasteiger partial charge in [0, 0.05) is 54.3 Å². The minimum Gasteiger partial charge on any atom is -0.394 e. The molecule has 0 aliphatic heterocycles. The van der Waals surface area contributed by atoms with E-state index in [1.165, 1.54) is 13.8 Å².